The lowest BCUT2D eigenvalue weighted by molar-refractivity contribution is 0.800. The highest BCUT2D eigenvalue weighted by atomic mass is 79.9. The van der Waals surface area contributed by atoms with E-state index < -0.39 is 0 Å². The normalized spacial score (nSPS) is 13.3. The monoisotopic (exact) mass is 316 g/mol. The van der Waals surface area contributed by atoms with E-state index in [1.807, 2.05) is 11.4 Å². The van der Waals surface area contributed by atoms with Gasteiger partial charge >= 0.3 is 0 Å². The Kier molecular flexibility index (Phi) is 3.79. The quantitative estimate of drug-likeness (QED) is 0.924. The number of hydrogen-bond acceptors (Lipinski definition) is 4. The van der Waals surface area contributed by atoms with Gasteiger partial charge in [0.05, 0.1) is 11.7 Å². The van der Waals surface area contributed by atoms with Crippen LogP contribution in [0.1, 0.15) is 41.4 Å². The molecule has 2 nitrogen and oxygen atoms in total. The van der Waals surface area contributed by atoms with Gasteiger partial charge in [-0.1, -0.05) is 13.8 Å². The second-order valence-electron chi connectivity index (χ2n) is 3.88. The minimum absolute atomic E-state index is 0.105. The fraction of sp³-hybridized carbons (Fsp3) is 0.364. The summed E-state index contributed by atoms with van der Waals surface area (Å²) in [6.45, 7) is 4.29. The summed E-state index contributed by atoms with van der Waals surface area (Å²) < 4.78 is 1.08. The smallest absolute Gasteiger partial charge is 0.115 e. The van der Waals surface area contributed by atoms with Crippen molar-refractivity contribution in [1.29, 1.82) is 0 Å². The highest BCUT2D eigenvalue weighted by Crippen LogP contribution is 2.33. The zero-order valence-corrected chi connectivity index (χ0v) is 12.3. The van der Waals surface area contributed by atoms with Crippen LogP contribution in [0.4, 0.5) is 0 Å². The minimum atomic E-state index is -0.105. The summed E-state index contributed by atoms with van der Waals surface area (Å²) in [7, 11) is 0. The molecule has 0 saturated carbocycles. The Labute approximate surface area is 112 Å². The van der Waals surface area contributed by atoms with E-state index in [-0.39, 0.29) is 6.04 Å². The van der Waals surface area contributed by atoms with Gasteiger partial charge in [-0.15, -0.1) is 22.7 Å². The van der Waals surface area contributed by atoms with E-state index in [0.29, 0.717) is 5.92 Å². The minimum Gasteiger partial charge on any atom is -0.318 e. The van der Waals surface area contributed by atoms with Crippen molar-refractivity contribution in [2.75, 3.05) is 0 Å². The van der Waals surface area contributed by atoms with Crippen molar-refractivity contribution in [3.05, 3.63) is 36.9 Å². The van der Waals surface area contributed by atoms with Crippen LogP contribution in [0.2, 0.25) is 0 Å². The van der Waals surface area contributed by atoms with Crippen LogP contribution in [0, 0.1) is 0 Å². The Morgan fingerprint density at radius 2 is 2.12 bits per heavy atom. The van der Waals surface area contributed by atoms with E-state index in [4.69, 9.17) is 5.73 Å². The number of hydrogen-bond donors (Lipinski definition) is 1. The summed E-state index contributed by atoms with van der Waals surface area (Å²) >= 11 is 6.81. The van der Waals surface area contributed by atoms with Crippen LogP contribution in [-0.2, 0) is 0 Å². The lowest BCUT2D eigenvalue weighted by Gasteiger charge is -2.06. The topological polar surface area (TPSA) is 38.9 Å². The van der Waals surface area contributed by atoms with E-state index in [2.05, 4.69) is 40.1 Å². The van der Waals surface area contributed by atoms with E-state index in [1.54, 1.807) is 22.7 Å². The number of thiophene rings is 1. The fourth-order valence-corrected chi connectivity index (χ4v) is 4.04. The molecule has 0 radical (unpaired) electrons. The molecule has 1 unspecified atom stereocenters. The van der Waals surface area contributed by atoms with Crippen LogP contribution in [0.25, 0.3) is 0 Å². The van der Waals surface area contributed by atoms with Gasteiger partial charge in [0.15, 0.2) is 0 Å². The van der Waals surface area contributed by atoms with Crippen LogP contribution in [0.15, 0.2) is 21.3 Å². The number of rotatable bonds is 3. The van der Waals surface area contributed by atoms with Crippen molar-refractivity contribution in [2.45, 2.75) is 25.8 Å². The van der Waals surface area contributed by atoms with Gasteiger partial charge in [0.25, 0.3) is 0 Å². The molecule has 0 amide bonds. The zero-order chi connectivity index (χ0) is 11.7. The van der Waals surface area contributed by atoms with Crippen molar-refractivity contribution in [1.82, 2.24) is 4.98 Å². The highest BCUT2D eigenvalue weighted by Gasteiger charge is 2.17. The number of aromatic nitrogens is 1. The molecule has 2 rings (SSSR count). The molecular formula is C11H13BrN2S2. The fourth-order valence-electron chi connectivity index (χ4n) is 1.35. The number of nitrogens with two attached hydrogens (primary N) is 1. The molecule has 0 aromatic carbocycles. The molecule has 0 fully saturated rings. The Morgan fingerprint density at radius 1 is 1.38 bits per heavy atom. The molecule has 0 spiro atoms. The Balaban J connectivity index is 2.27. The van der Waals surface area contributed by atoms with Gasteiger partial charge in [-0.3, -0.25) is 0 Å². The third-order valence-electron chi connectivity index (χ3n) is 2.32. The maximum absolute atomic E-state index is 6.20. The lowest BCUT2D eigenvalue weighted by Crippen LogP contribution is -2.10. The van der Waals surface area contributed by atoms with Gasteiger partial charge in [0.2, 0.25) is 0 Å². The SMILES string of the molecule is CC(C)c1csc(C(N)c2sccc2Br)n1. The molecule has 2 heterocycles. The second kappa shape index (κ2) is 4.96. The molecule has 0 bridgehead atoms. The van der Waals surface area contributed by atoms with Gasteiger partial charge < -0.3 is 5.73 Å². The molecule has 5 heteroatoms. The van der Waals surface area contributed by atoms with Gasteiger partial charge in [-0.05, 0) is 33.3 Å². The van der Waals surface area contributed by atoms with Crippen molar-refractivity contribution in [2.24, 2.45) is 5.73 Å². The maximum Gasteiger partial charge on any atom is 0.115 e. The molecule has 2 aromatic heterocycles. The highest BCUT2D eigenvalue weighted by molar-refractivity contribution is 9.10. The molecule has 16 heavy (non-hydrogen) atoms. The molecule has 86 valence electrons. The predicted octanol–water partition coefficient (Wildman–Crippen LogP) is 4.14. The average Bonchev–Trinajstić information content (AvgIpc) is 2.84. The Hall–Kier alpha value is -0.230. The van der Waals surface area contributed by atoms with Crippen LogP contribution < -0.4 is 5.73 Å². The summed E-state index contributed by atoms with van der Waals surface area (Å²) in [4.78, 5) is 5.73. The molecule has 0 aliphatic carbocycles. The number of halogens is 1. The first-order valence-electron chi connectivity index (χ1n) is 5.03. The van der Waals surface area contributed by atoms with Crippen LogP contribution in [-0.4, -0.2) is 4.98 Å². The number of nitrogens with zero attached hydrogens (tertiary/aromatic N) is 1. The maximum atomic E-state index is 6.20. The molecule has 1 atom stereocenters. The van der Waals surface area contributed by atoms with Crippen molar-refractivity contribution < 1.29 is 0 Å². The van der Waals surface area contributed by atoms with Crippen LogP contribution in [0.5, 0.6) is 0 Å². The third kappa shape index (κ3) is 2.37. The van der Waals surface area contributed by atoms with Gasteiger partial charge in [0, 0.05) is 14.7 Å². The summed E-state index contributed by atoms with van der Waals surface area (Å²) in [6, 6.07) is 1.92. The van der Waals surface area contributed by atoms with E-state index in [0.717, 1.165) is 20.1 Å². The summed E-state index contributed by atoms with van der Waals surface area (Å²) in [5, 5.41) is 5.13. The summed E-state index contributed by atoms with van der Waals surface area (Å²) in [5.74, 6) is 0.462. The molecular weight excluding hydrogens is 304 g/mol. The van der Waals surface area contributed by atoms with Gasteiger partial charge in [-0.25, -0.2) is 4.98 Å². The average molecular weight is 317 g/mol. The first kappa shape index (κ1) is 12.2. The van der Waals surface area contributed by atoms with Crippen molar-refractivity contribution >= 4 is 38.6 Å². The Bertz CT molecular complexity index is 476. The van der Waals surface area contributed by atoms with Crippen LogP contribution in [0.3, 0.4) is 0 Å². The molecule has 0 aliphatic rings. The molecule has 2 aromatic rings. The van der Waals surface area contributed by atoms with E-state index in [1.165, 1.54) is 0 Å². The predicted molar refractivity (Wildman–Crippen MR) is 74.3 cm³/mol. The third-order valence-corrected chi connectivity index (χ3v) is 5.22. The Morgan fingerprint density at radius 3 is 2.62 bits per heavy atom. The standard InChI is InChI=1S/C11H13BrN2S2/c1-6(2)8-5-16-11(14-8)9(13)10-7(12)3-4-15-10/h3-6,9H,13H2,1-2H3. The molecule has 0 aliphatic heterocycles. The first-order chi connectivity index (χ1) is 7.59. The molecule has 0 saturated heterocycles. The van der Waals surface area contributed by atoms with Gasteiger partial charge in [-0.2, -0.15) is 0 Å². The van der Waals surface area contributed by atoms with Gasteiger partial charge in [0.1, 0.15) is 5.01 Å². The number of thiazole rings is 1. The molecule has 2 N–H and O–H groups in total. The summed E-state index contributed by atoms with van der Waals surface area (Å²) in [6.07, 6.45) is 0. The van der Waals surface area contributed by atoms with Crippen LogP contribution >= 0.6 is 38.6 Å². The first-order valence-corrected chi connectivity index (χ1v) is 7.58. The second-order valence-corrected chi connectivity index (χ2v) is 6.57. The largest absolute Gasteiger partial charge is 0.318 e. The summed E-state index contributed by atoms with van der Waals surface area (Å²) in [5.41, 5.74) is 7.33. The van der Waals surface area contributed by atoms with E-state index in [9.17, 15) is 0 Å². The van der Waals surface area contributed by atoms with Crippen molar-refractivity contribution in [3.8, 4) is 0 Å². The van der Waals surface area contributed by atoms with Crippen molar-refractivity contribution in [3.63, 3.8) is 0 Å². The van der Waals surface area contributed by atoms with E-state index >= 15 is 0 Å². The zero-order valence-electron chi connectivity index (χ0n) is 9.11. The lowest BCUT2D eigenvalue weighted by atomic mass is 10.2.